The van der Waals surface area contributed by atoms with Gasteiger partial charge < -0.3 is 15.7 Å². The summed E-state index contributed by atoms with van der Waals surface area (Å²) in [6.07, 6.45) is 1.72. The number of hydrogen-bond acceptors (Lipinski definition) is 5. The highest BCUT2D eigenvalue weighted by molar-refractivity contribution is 5.57. The van der Waals surface area contributed by atoms with E-state index in [1.807, 2.05) is 14.0 Å². The molecular weight excluding hydrogens is 240 g/mol. The summed E-state index contributed by atoms with van der Waals surface area (Å²) in [5, 5.41) is 15.4. The number of aliphatic hydroxyl groups excluding tert-OH is 1. The van der Waals surface area contributed by atoms with Crippen LogP contribution in [-0.4, -0.2) is 34.8 Å². The second-order valence-electron chi connectivity index (χ2n) is 5.22. The Kier molecular flexibility index (Phi) is 6.02. The van der Waals surface area contributed by atoms with Crippen LogP contribution in [0.1, 0.15) is 50.9 Å². The summed E-state index contributed by atoms with van der Waals surface area (Å²) in [7, 11) is 1.87. The Bertz CT molecular complexity index is 407. The maximum atomic E-state index is 8.87. The monoisotopic (exact) mass is 266 g/mol. The van der Waals surface area contributed by atoms with Crippen LogP contribution in [0.2, 0.25) is 0 Å². The van der Waals surface area contributed by atoms with E-state index in [0.29, 0.717) is 5.92 Å². The highest BCUT2D eigenvalue weighted by Crippen LogP contribution is 2.23. The Morgan fingerprint density at radius 2 is 1.79 bits per heavy atom. The van der Waals surface area contributed by atoms with Crippen LogP contribution in [-0.2, 0) is 0 Å². The van der Waals surface area contributed by atoms with Crippen LogP contribution in [0.25, 0.3) is 0 Å². The molecule has 3 N–H and O–H groups in total. The van der Waals surface area contributed by atoms with Crippen molar-refractivity contribution in [2.75, 3.05) is 24.3 Å². The molecular formula is C14H26N4O. The van der Waals surface area contributed by atoms with Crippen LogP contribution in [0.3, 0.4) is 0 Å². The third-order valence-electron chi connectivity index (χ3n) is 3.09. The van der Waals surface area contributed by atoms with Crippen molar-refractivity contribution in [1.29, 1.82) is 0 Å². The Morgan fingerprint density at radius 1 is 1.16 bits per heavy atom. The molecule has 0 aliphatic heterocycles. The lowest BCUT2D eigenvalue weighted by Gasteiger charge is -2.19. The van der Waals surface area contributed by atoms with Gasteiger partial charge in [-0.25, -0.2) is 9.97 Å². The first-order valence-corrected chi connectivity index (χ1v) is 6.93. The number of aromatic nitrogens is 2. The van der Waals surface area contributed by atoms with Crippen LogP contribution in [0.5, 0.6) is 0 Å². The van der Waals surface area contributed by atoms with Gasteiger partial charge in [-0.3, -0.25) is 0 Å². The van der Waals surface area contributed by atoms with Gasteiger partial charge in [-0.15, -0.1) is 0 Å². The molecule has 0 saturated carbocycles. The van der Waals surface area contributed by atoms with E-state index >= 15 is 0 Å². The molecule has 5 nitrogen and oxygen atoms in total. The van der Waals surface area contributed by atoms with Gasteiger partial charge in [-0.05, 0) is 26.7 Å². The zero-order valence-electron chi connectivity index (χ0n) is 12.6. The lowest BCUT2D eigenvalue weighted by molar-refractivity contribution is 0.282. The molecule has 19 heavy (non-hydrogen) atoms. The lowest BCUT2D eigenvalue weighted by atomic mass is 10.1. The minimum absolute atomic E-state index is 0.230. The molecule has 0 bridgehead atoms. The van der Waals surface area contributed by atoms with E-state index in [1.54, 1.807) is 0 Å². The van der Waals surface area contributed by atoms with Crippen LogP contribution in [0.15, 0.2) is 0 Å². The molecule has 1 rings (SSSR count). The number of nitrogens with zero attached hydrogens (tertiary/aromatic N) is 2. The van der Waals surface area contributed by atoms with Crippen molar-refractivity contribution < 1.29 is 5.11 Å². The van der Waals surface area contributed by atoms with E-state index in [-0.39, 0.29) is 12.6 Å². The summed E-state index contributed by atoms with van der Waals surface area (Å²) in [4.78, 5) is 9.12. The fourth-order valence-corrected chi connectivity index (χ4v) is 1.88. The van der Waals surface area contributed by atoms with E-state index in [1.165, 1.54) is 0 Å². The van der Waals surface area contributed by atoms with Gasteiger partial charge in [0.2, 0.25) is 0 Å². The summed E-state index contributed by atoms with van der Waals surface area (Å²) in [6.45, 7) is 8.52. The van der Waals surface area contributed by atoms with Crippen LogP contribution in [0.4, 0.5) is 11.6 Å². The van der Waals surface area contributed by atoms with Gasteiger partial charge >= 0.3 is 0 Å². The van der Waals surface area contributed by atoms with Gasteiger partial charge in [0.1, 0.15) is 17.5 Å². The van der Waals surface area contributed by atoms with Gasteiger partial charge in [0.05, 0.1) is 0 Å². The highest BCUT2D eigenvalue weighted by atomic mass is 16.2. The van der Waals surface area contributed by atoms with Crippen LogP contribution < -0.4 is 10.6 Å². The summed E-state index contributed by atoms with van der Waals surface area (Å²) in [5.41, 5.74) is 1.03. The fraction of sp³-hybridized carbons (Fsp3) is 0.714. The molecule has 1 heterocycles. The largest absolute Gasteiger partial charge is 0.396 e. The molecule has 0 aliphatic carbocycles. The van der Waals surface area contributed by atoms with Gasteiger partial charge in [0, 0.05) is 31.2 Å². The Morgan fingerprint density at radius 3 is 2.32 bits per heavy atom. The number of anilines is 2. The van der Waals surface area contributed by atoms with Crippen molar-refractivity contribution in [3.8, 4) is 0 Å². The molecule has 0 aromatic carbocycles. The molecule has 0 saturated heterocycles. The topological polar surface area (TPSA) is 70.1 Å². The van der Waals surface area contributed by atoms with Crippen LogP contribution >= 0.6 is 0 Å². The number of nitrogens with one attached hydrogen (secondary N) is 2. The first-order valence-electron chi connectivity index (χ1n) is 6.93. The number of aliphatic hydroxyl groups is 1. The van der Waals surface area contributed by atoms with E-state index in [4.69, 9.17) is 5.11 Å². The van der Waals surface area contributed by atoms with Crippen molar-refractivity contribution in [1.82, 2.24) is 9.97 Å². The summed E-state index contributed by atoms with van der Waals surface area (Å²) in [6, 6.07) is 0.283. The molecule has 1 unspecified atom stereocenters. The van der Waals surface area contributed by atoms with E-state index < -0.39 is 0 Å². The third-order valence-corrected chi connectivity index (χ3v) is 3.09. The molecule has 0 aliphatic rings. The van der Waals surface area contributed by atoms with E-state index in [0.717, 1.165) is 35.9 Å². The zero-order valence-corrected chi connectivity index (χ0v) is 12.6. The van der Waals surface area contributed by atoms with Crippen molar-refractivity contribution in [3.63, 3.8) is 0 Å². The van der Waals surface area contributed by atoms with Crippen molar-refractivity contribution >= 4 is 11.6 Å². The van der Waals surface area contributed by atoms with Crippen molar-refractivity contribution in [2.24, 2.45) is 0 Å². The quantitative estimate of drug-likeness (QED) is 0.707. The first kappa shape index (κ1) is 15.7. The molecule has 0 radical (unpaired) electrons. The summed E-state index contributed by atoms with van der Waals surface area (Å²) >= 11 is 0. The predicted molar refractivity (Wildman–Crippen MR) is 79.8 cm³/mol. The number of rotatable bonds is 7. The van der Waals surface area contributed by atoms with Gasteiger partial charge in [-0.2, -0.15) is 0 Å². The first-order chi connectivity index (χ1) is 8.99. The maximum Gasteiger partial charge on any atom is 0.135 e. The molecule has 0 fully saturated rings. The molecule has 108 valence electrons. The smallest absolute Gasteiger partial charge is 0.135 e. The normalized spacial score (nSPS) is 12.6. The van der Waals surface area contributed by atoms with E-state index in [9.17, 15) is 0 Å². The Balaban J connectivity index is 2.94. The lowest BCUT2D eigenvalue weighted by Crippen LogP contribution is -2.19. The Hall–Kier alpha value is -1.36. The standard InChI is InChI=1S/C14H26N4O/c1-9(2)12-17-13(15-5)11(4)14(18-12)16-10(3)7-6-8-19/h9-10,19H,6-8H2,1-5H3,(H2,15,16,17,18). The molecule has 0 amide bonds. The molecule has 1 aromatic rings. The minimum atomic E-state index is 0.230. The molecule has 0 spiro atoms. The average molecular weight is 266 g/mol. The summed E-state index contributed by atoms with van der Waals surface area (Å²) < 4.78 is 0. The van der Waals surface area contributed by atoms with Crippen molar-refractivity contribution in [3.05, 3.63) is 11.4 Å². The van der Waals surface area contributed by atoms with Gasteiger partial charge in [-0.1, -0.05) is 13.8 Å². The fourth-order valence-electron chi connectivity index (χ4n) is 1.88. The van der Waals surface area contributed by atoms with E-state index in [2.05, 4.69) is 41.4 Å². The zero-order chi connectivity index (χ0) is 14.4. The third kappa shape index (κ3) is 4.35. The second-order valence-corrected chi connectivity index (χ2v) is 5.22. The minimum Gasteiger partial charge on any atom is -0.396 e. The van der Waals surface area contributed by atoms with Gasteiger partial charge in [0.15, 0.2) is 0 Å². The molecule has 1 aromatic heterocycles. The highest BCUT2D eigenvalue weighted by Gasteiger charge is 2.13. The molecule has 5 heteroatoms. The maximum absolute atomic E-state index is 8.87. The SMILES string of the molecule is CNc1nc(C(C)C)nc(NC(C)CCCO)c1C. The van der Waals surface area contributed by atoms with Crippen LogP contribution in [0, 0.1) is 6.92 Å². The predicted octanol–water partition coefficient (Wildman–Crippen LogP) is 2.52. The number of hydrogen-bond donors (Lipinski definition) is 3. The molecule has 1 atom stereocenters. The second kappa shape index (κ2) is 7.28. The van der Waals surface area contributed by atoms with Crippen molar-refractivity contribution in [2.45, 2.75) is 52.5 Å². The van der Waals surface area contributed by atoms with Gasteiger partial charge in [0.25, 0.3) is 0 Å². The average Bonchev–Trinajstić information content (AvgIpc) is 2.38. The Labute approximate surface area is 115 Å². The summed E-state index contributed by atoms with van der Waals surface area (Å²) in [5.74, 6) is 2.89.